The Hall–Kier alpha value is -2.40. The summed E-state index contributed by atoms with van der Waals surface area (Å²) >= 11 is 3.51. The Labute approximate surface area is 165 Å². The zero-order valence-corrected chi connectivity index (χ0v) is 16.6. The molecule has 0 unspecified atom stereocenters. The van der Waals surface area contributed by atoms with Gasteiger partial charge in [-0.1, -0.05) is 40.2 Å². The van der Waals surface area contributed by atoms with Crippen LogP contribution in [0.1, 0.15) is 40.0 Å². The molecule has 1 aromatic heterocycles. The normalized spacial score (nSPS) is 18.0. The van der Waals surface area contributed by atoms with Crippen LogP contribution >= 0.6 is 15.9 Å². The van der Waals surface area contributed by atoms with Crippen molar-refractivity contribution in [1.29, 1.82) is 0 Å². The summed E-state index contributed by atoms with van der Waals surface area (Å²) in [7, 11) is 0. The fourth-order valence-electron chi connectivity index (χ4n) is 4.45. The van der Waals surface area contributed by atoms with E-state index >= 15 is 0 Å². The first kappa shape index (κ1) is 16.8. The Morgan fingerprint density at radius 1 is 1.15 bits per heavy atom. The predicted octanol–water partition coefficient (Wildman–Crippen LogP) is 4.08. The van der Waals surface area contributed by atoms with Crippen molar-refractivity contribution in [3.8, 4) is 0 Å². The van der Waals surface area contributed by atoms with E-state index < -0.39 is 0 Å². The maximum Gasteiger partial charge on any atom is 0.259 e. The van der Waals surface area contributed by atoms with Crippen LogP contribution in [0, 0.1) is 0 Å². The van der Waals surface area contributed by atoms with Gasteiger partial charge in [0.15, 0.2) is 0 Å². The molecule has 0 saturated heterocycles. The average molecular weight is 423 g/mol. The number of nitrogens with zero attached hydrogens (tertiary/aromatic N) is 2. The molecule has 0 N–H and O–H groups in total. The molecule has 0 bridgehead atoms. The molecule has 1 amide bonds. The van der Waals surface area contributed by atoms with E-state index in [9.17, 15) is 9.59 Å². The van der Waals surface area contributed by atoms with Gasteiger partial charge < -0.3 is 9.47 Å². The summed E-state index contributed by atoms with van der Waals surface area (Å²) in [6, 6.07) is 12.4. The predicted molar refractivity (Wildman–Crippen MR) is 109 cm³/mol. The van der Waals surface area contributed by atoms with E-state index in [1.165, 1.54) is 11.1 Å². The van der Waals surface area contributed by atoms with E-state index in [2.05, 4.69) is 45.6 Å². The highest BCUT2D eigenvalue weighted by atomic mass is 79.9. The zero-order chi connectivity index (χ0) is 18.7. The van der Waals surface area contributed by atoms with Gasteiger partial charge in [0, 0.05) is 35.2 Å². The number of benzene rings is 2. The van der Waals surface area contributed by atoms with Gasteiger partial charge in [0.25, 0.3) is 5.91 Å². The second-order valence-electron chi connectivity index (χ2n) is 7.54. The highest BCUT2D eigenvalue weighted by Gasteiger charge is 2.28. The summed E-state index contributed by atoms with van der Waals surface area (Å²) in [4.78, 5) is 28.2. The van der Waals surface area contributed by atoms with Crippen molar-refractivity contribution in [2.24, 2.45) is 0 Å². The molecule has 3 heterocycles. The van der Waals surface area contributed by atoms with Gasteiger partial charge in [-0.05, 0) is 48.6 Å². The first-order chi connectivity index (χ1) is 13.0. The van der Waals surface area contributed by atoms with Crippen LogP contribution in [0.2, 0.25) is 0 Å². The number of amides is 1. The Bertz CT molecular complexity index is 1160. The Morgan fingerprint density at radius 2 is 1.93 bits per heavy atom. The third-order valence-corrected chi connectivity index (χ3v) is 6.27. The lowest BCUT2D eigenvalue weighted by Gasteiger charge is -2.29. The number of halogens is 1. The van der Waals surface area contributed by atoms with Gasteiger partial charge in [0.1, 0.15) is 5.56 Å². The van der Waals surface area contributed by atoms with Gasteiger partial charge in [0.2, 0.25) is 5.43 Å². The molecule has 2 aromatic carbocycles. The lowest BCUT2D eigenvalue weighted by Crippen LogP contribution is -2.38. The number of pyridine rings is 1. The van der Waals surface area contributed by atoms with E-state index in [0.717, 1.165) is 28.4 Å². The van der Waals surface area contributed by atoms with Crippen LogP contribution in [0.5, 0.6) is 0 Å². The minimum atomic E-state index is -0.166. The number of rotatable bonds is 1. The third-order valence-electron chi connectivity index (χ3n) is 5.81. The molecule has 1 atom stereocenters. The van der Waals surface area contributed by atoms with E-state index in [1.807, 2.05) is 18.2 Å². The van der Waals surface area contributed by atoms with Crippen molar-refractivity contribution in [3.05, 3.63) is 79.5 Å². The standard InChI is InChI=1S/C22H19BrN2O2/c1-13-8-16-9-17(23)10-18-20(16)25(13)12-19(21(18)26)22(27)24-7-6-14-4-2-3-5-15(14)11-24/h2-5,9-10,12-13H,6-8,11H2,1H3/t13-/m0/s1. The summed E-state index contributed by atoms with van der Waals surface area (Å²) in [5, 5.41) is 0.631. The largest absolute Gasteiger partial charge is 0.343 e. The van der Waals surface area contributed by atoms with Crippen molar-refractivity contribution < 1.29 is 4.79 Å². The second kappa shape index (κ2) is 6.06. The van der Waals surface area contributed by atoms with Gasteiger partial charge in [0.05, 0.1) is 5.52 Å². The molecule has 0 spiro atoms. The fourth-order valence-corrected chi connectivity index (χ4v) is 4.96. The van der Waals surface area contributed by atoms with E-state index in [-0.39, 0.29) is 22.9 Å². The second-order valence-corrected chi connectivity index (χ2v) is 8.45. The summed E-state index contributed by atoms with van der Waals surface area (Å²) in [5.41, 5.74) is 4.70. The SMILES string of the molecule is C[C@H]1Cc2cc(Br)cc3c(=O)c(C(=O)N4CCc5ccccc5C4)cn1c23. The molecule has 0 radical (unpaired) electrons. The highest BCUT2D eigenvalue weighted by Crippen LogP contribution is 2.33. The van der Waals surface area contributed by atoms with Crippen LogP contribution in [0.15, 0.2) is 51.9 Å². The summed E-state index contributed by atoms with van der Waals surface area (Å²) in [6.07, 6.45) is 3.49. The Kier molecular flexibility index (Phi) is 3.76. The summed E-state index contributed by atoms with van der Waals surface area (Å²) in [6.45, 7) is 3.33. The molecule has 4 nitrogen and oxygen atoms in total. The van der Waals surface area contributed by atoms with Crippen molar-refractivity contribution in [2.45, 2.75) is 32.4 Å². The minimum absolute atomic E-state index is 0.165. The van der Waals surface area contributed by atoms with Crippen LogP contribution in [0.4, 0.5) is 0 Å². The molecule has 0 aliphatic carbocycles. The molecule has 2 aliphatic rings. The number of hydrogen-bond acceptors (Lipinski definition) is 2. The average Bonchev–Trinajstić information content (AvgIpc) is 2.98. The van der Waals surface area contributed by atoms with Crippen molar-refractivity contribution >= 4 is 32.7 Å². The Morgan fingerprint density at radius 3 is 2.74 bits per heavy atom. The van der Waals surface area contributed by atoms with Crippen LogP contribution in [0.3, 0.4) is 0 Å². The van der Waals surface area contributed by atoms with Crippen LogP contribution in [-0.2, 0) is 19.4 Å². The third kappa shape index (κ3) is 2.56. The van der Waals surface area contributed by atoms with Gasteiger partial charge in [-0.2, -0.15) is 0 Å². The van der Waals surface area contributed by atoms with Crippen molar-refractivity contribution in [3.63, 3.8) is 0 Å². The smallest absolute Gasteiger partial charge is 0.259 e. The molecule has 3 aromatic rings. The van der Waals surface area contributed by atoms with Gasteiger partial charge in [-0.25, -0.2) is 0 Å². The lowest BCUT2D eigenvalue weighted by molar-refractivity contribution is 0.0732. The topological polar surface area (TPSA) is 42.3 Å². The van der Waals surface area contributed by atoms with E-state index in [0.29, 0.717) is 18.5 Å². The molecule has 27 heavy (non-hydrogen) atoms. The molecule has 5 rings (SSSR count). The number of carbonyl (C=O) groups excluding carboxylic acids is 1. The number of aromatic nitrogens is 1. The molecule has 5 heteroatoms. The molecule has 0 fully saturated rings. The Balaban J connectivity index is 1.62. The molecule has 136 valence electrons. The van der Waals surface area contributed by atoms with Gasteiger partial charge in [-0.3, -0.25) is 9.59 Å². The first-order valence-electron chi connectivity index (χ1n) is 9.26. The fraction of sp³-hybridized carbons (Fsp3) is 0.273. The monoisotopic (exact) mass is 422 g/mol. The van der Waals surface area contributed by atoms with Gasteiger partial charge >= 0.3 is 0 Å². The van der Waals surface area contributed by atoms with E-state index in [4.69, 9.17) is 0 Å². The van der Waals surface area contributed by atoms with Crippen LogP contribution < -0.4 is 5.43 Å². The van der Waals surface area contributed by atoms with E-state index in [1.54, 1.807) is 11.1 Å². The van der Waals surface area contributed by atoms with Crippen molar-refractivity contribution in [2.75, 3.05) is 6.54 Å². The molecular formula is C22H19BrN2O2. The van der Waals surface area contributed by atoms with Gasteiger partial charge in [-0.15, -0.1) is 0 Å². The lowest BCUT2D eigenvalue weighted by atomic mass is 9.99. The number of carbonyl (C=O) groups is 1. The maximum atomic E-state index is 13.3. The maximum absolute atomic E-state index is 13.3. The minimum Gasteiger partial charge on any atom is -0.343 e. The zero-order valence-electron chi connectivity index (χ0n) is 15.0. The van der Waals surface area contributed by atoms with Crippen LogP contribution in [0.25, 0.3) is 10.9 Å². The molecule has 2 aliphatic heterocycles. The first-order valence-corrected chi connectivity index (χ1v) is 10.1. The molecule has 0 saturated carbocycles. The summed E-state index contributed by atoms with van der Waals surface area (Å²) in [5.74, 6) is -0.166. The molecular weight excluding hydrogens is 404 g/mol. The number of hydrogen-bond donors (Lipinski definition) is 0. The summed E-state index contributed by atoms with van der Waals surface area (Å²) < 4.78 is 2.99. The van der Waals surface area contributed by atoms with Crippen LogP contribution in [-0.4, -0.2) is 21.9 Å². The highest BCUT2D eigenvalue weighted by molar-refractivity contribution is 9.10. The van der Waals surface area contributed by atoms with Crippen molar-refractivity contribution in [1.82, 2.24) is 9.47 Å². The quantitative estimate of drug-likeness (QED) is 0.592. The number of fused-ring (bicyclic) bond motifs is 1.